The number of nitrogens with zero attached hydrogens (tertiary/aromatic N) is 1. The summed E-state index contributed by atoms with van der Waals surface area (Å²) in [6.45, 7) is 0.920. The molecule has 0 saturated heterocycles. The van der Waals surface area contributed by atoms with Crippen LogP contribution in [0.5, 0.6) is 0 Å². The molecule has 4 heteroatoms. The lowest BCUT2D eigenvalue weighted by Crippen LogP contribution is -3.17. The zero-order valence-electron chi connectivity index (χ0n) is 27.1. The molecule has 1 aromatic heterocycles. The molecule has 1 aliphatic carbocycles. The minimum Gasteiger partial charge on any atom is -0.456 e. The van der Waals surface area contributed by atoms with Gasteiger partial charge < -0.3 is 4.42 Å². The first-order valence-electron chi connectivity index (χ1n) is 17.1. The Morgan fingerprint density at radius 3 is 1.86 bits per heavy atom. The van der Waals surface area contributed by atoms with E-state index in [0.29, 0.717) is 5.92 Å². The minimum atomic E-state index is -0.0948. The van der Waals surface area contributed by atoms with Gasteiger partial charge in [0.15, 0.2) is 5.84 Å². The van der Waals surface area contributed by atoms with Crippen molar-refractivity contribution in [2.75, 3.05) is 6.54 Å². The van der Waals surface area contributed by atoms with Crippen molar-refractivity contribution < 1.29 is 9.43 Å². The van der Waals surface area contributed by atoms with Crippen LogP contribution in [0.4, 0.5) is 0 Å². The molecule has 0 spiro atoms. The van der Waals surface area contributed by atoms with Gasteiger partial charge in [-0.25, -0.2) is 10.4 Å². The van der Waals surface area contributed by atoms with Gasteiger partial charge in [0.05, 0.1) is 0 Å². The Morgan fingerprint density at radius 2 is 1.18 bits per heavy atom. The SMILES string of the molecule is C1=CCC(C[NH+]2NC(c3ccc(-c4cc(-c5ccccc5)cc(-c5ccccc5)c4)cc3)=NC2c2ccc3c(c2)oc2ccccc23)C=C1. The van der Waals surface area contributed by atoms with Gasteiger partial charge in [-0.15, -0.1) is 0 Å². The molecule has 3 unspecified atom stereocenters. The molecular weight excluding hydrogens is 599 g/mol. The molecule has 9 rings (SSSR count). The fraction of sp³-hybridized carbons (Fsp3) is 0.0889. The van der Waals surface area contributed by atoms with Gasteiger partial charge in [-0.05, 0) is 82.3 Å². The van der Waals surface area contributed by atoms with Crippen LogP contribution in [-0.2, 0) is 0 Å². The maximum Gasteiger partial charge on any atom is 0.231 e. The van der Waals surface area contributed by atoms with Crippen LogP contribution in [0, 0.1) is 5.92 Å². The Balaban J connectivity index is 1.06. The van der Waals surface area contributed by atoms with Crippen molar-refractivity contribution in [1.82, 2.24) is 5.43 Å². The van der Waals surface area contributed by atoms with E-state index in [0.717, 1.165) is 51.9 Å². The van der Waals surface area contributed by atoms with Gasteiger partial charge in [0.2, 0.25) is 6.17 Å². The number of aliphatic imine (C=N–C) groups is 1. The van der Waals surface area contributed by atoms with Crippen LogP contribution >= 0.6 is 0 Å². The second-order valence-corrected chi connectivity index (χ2v) is 13.0. The Morgan fingerprint density at radius 1 is 0.571 bits per heavy atom. The molecular formula is C45H36N3O+. The van der Waals surface area contributed by atoms with Gasteiger partial charge in [0.25, 0.3) is 0 Å². The normalized spacial score (nSPS) is 18.5. The summed E-state index contributed by atoms with van der Waals surface area (Å²) in [5.41, 5.74) is 15.0. The molecule has 0 amide bonds. The highest BCUT2D eigenvalue weighted by Crippen LogP contribution is 2.34. The summed E-state index contributed by atoms with van der Waals surface area (Å²) in [7, 11) is 0. The molecule has 0 fully saturated rings. The zero-order chi connectivity index (χ0) is 32.6. The predicted octanol–water partition coefficient (Wildman–Crippen LogP) is 9.57. The standard InChI is InChI=1S/C45H35N3O/c1-4-12-31(13-5-1)30-48-45(36-24-25-41-40-18-10-11-19-42(40)49-43(41)29-36)46-44(47-48)35-22-20-34(21-23-35)39-27-37(32-14-6-2-7-15-32)26-38(28-39)33-16-8-3-9-17-33/h1-12,14-29,31,45H,13,30H2,(H,46,47)/p+1. The zero-order valence-corrected chi connectivity index (χ0v) is 27.1. The Hall–Kier alpha value is -5.97. The van der Waals surface area contributed by atoms with E-state index in [-0.39, 0.29) is 6.17 Å². The van der Waals surface area contributed by atoms with Crippen molar-refractivity contribution in [2.45, 2.75) is 12.6 Å². The van der Waals surface area contributed by atoms with Crippen molar-refractivity contribution in [3.63, 3.8) is 0 Å². The number of allylic oxidation sites excluding steroid dienone is 3. The number of hydrogen-bond donors (Lipinski definition) is 2. The molecule has 49 heavy (non-hydrogen) atoms. The molecule has 0 saturated carbocycles. The lowest BCUT2D eigenvalue weighted by Gasteiger charge is -2.23. The molecule has 2 N–H and O–H groups in total. The molecule has 0 bridgehead atoms. The first-order valence-corrected chi connectivity index (χ1v) is 17.1. The van der Waals surface area contributed by atoms with Crippen LogP contribution in [0.2, 0.25) is 0 Å². The number of nitrogens with one attached hydrogen (secondary N) is 2. The third kappa shape index (κ3) is 5.77. The van der Waals surface area contributed by atoms with Gasteiger partial charge in [0, 0.05) is 27.8 Å². The second-order valence-electron chi connectivity index (χ2n) is 13.0. The Kier molecular flexibility index (Phi) is 7.49. The van der Waals surface area contributed by atoms with Crippen LogP contribution in [-0.4, -0.2) is 12.4 Å². The first-order chi connectivity index (χ1) is 24.2. The van der Waals surface area contributed by atoms with Gasteiger partial charge in [-0.3, -0.25) is 0 Å². The summed E-state index contributed by atoms with van der Waals surface area (Å²) >= 11 is 0. The average molecular weight is 635 g/mol. The van der Waals surface area contributed by atoms with E-state index in [1.807, 2.05) is 12.1 Å². The highest BCUT2D eigenvalue weighted by atomic mass is 16.3. The third-order valence-electron chi connectivity index (χ3n) is 9.78. The van der Waals surface area contributed by atoms with Crippen molar-refractivity contribution >= 4 is 27.8 Å². The highest BCUT2D eigenvalue weighted by Gasteiger charge is 2.34. The maximum absolute atomic E-state index is 6.28. The number of hydrogen-bond acceptors (Lipinski definition) is 3. The highest BCUT2D eigenvalue weighted by molar-refractivity contribution is 6.05. The molecule has 2 heterocycles. The fourth-order valence-electron chi connectivity index (χ4n) is 7.23. The van der Waals surface area contributed by atoms with E-state index in [1.54, 1.807) is 0 Å². The lowest BCUT2D eigenvalue weighted by atomic mass is 9.93. The number of benzene rings is 6. The number of furan rings is 1. The van der Waals surface area contributed by atoms with E-state index in [4.69, 9.17) is 9.41 Å². The van der Waals surface area contributed by atoms with Crippen LogP contribution in [0.15, 0.2) is 179 Å². The number of quaternary nitrogens is 1. The number of amidine groups is 1. The summed E-state index contributed by atoms with van der Waals surface area (Å²) in [5, 5.41) is 3.51. The monoisotopic (exact) mass is 634 g/mol. The molecule has 6 aromatic carbocycles. The van der Waals surface area contributed by atoms with Crippen LogP contribution in [0.25, 0.3) is 55.3 Å². The van der Waals surface area contributed by atoms with Crippen molar-refractivity contribution in [1.29, 1.82) is 0 Å². The van der Waals surface area contributed by atoms with Gasteiger partial charge in [-0.1, -0.05) is 127 Å². The fourth-order valence-corrected chi connectivity index (χ4v) is 7.23. The number of para-hydroxylation sites is 1. The maximum atomic E-state index is 6.28. The lowest BCUT2D eigenvalue weighted by molar-refractivity contribution is -0.960. The molecule has 2 aliphatic rings. The van der Waals surface area contributed by atoms with Crippen LogP contribution in [0.3, 0.4) is 0 Å². The second kappa shape index (κ2) is 12.6. The quantitative estimate of drug-likeness (QED) is 0.183. The minimum absolute atomic E-state index is 0.0948. The number of fused-ring (bicyclic) bond motifs is 3. The third-order valence-corrected chi connectivity index (χ3v) is 9.78. The predicted molar refractivity (Wildman–Crippen MR) is 201 cm³/mol. The van der Waals surface area contributed by atoms with Crippen molar-refractivity contribution in [3.05, 3.63) is 181 Å². The molecule has 1 aliphatic heterocycles. The van der Waals surface area contributed by atoms with Crippen LogP contribution < -0.4 is 10.4 Å². The van der Waals surface area contributed by atoms with Gasteiger partial charge >= 0.3 is 0 Å². The number of rotatable bonds is 7. The van der Waals surface area contributed by atoms with E-state index in [2.05, 4.69) is 163 Å². The Bertz CT molecular complexity index is 2310. The van der Waals surface area contributed by atoms with Crippen LogP contribution in [0.1, 0.15) is 23.7 Å². The summed E-state index contributed by atoms with van der Waals surface area (Å²) in [6, 6.07) is 51.8. The van der Waals surface area contributed by atoms with E-state index >= 15 is 0 Å². The molecule has 4 nitrogen and oxygen atoms in total. The average Bonchev–Trinajstić information content (AvgIpc) is 3.77. The molecule has 0 radical (unpaired) electrons. The molecule has 7 aromatic rings. The summed E-state index contributed by atoms with van der Waals surface area (Å²) in [6.07, 6.45) is 9.81. The molecule has 236 valence electrons. The molecule has 3 atom stereocenters. The largest absolute Gasteiger partial charge is 0.456 e. The summed E-state index contributed by atoms with van der Waals surface area (Å²) in [4.78, 5) is 5.33. The summed E-state index contributed by atoms with van der Waals surface area (Å²) in [5.74, 6) is 1.35. The van der Waals surface area contributed by atoms with Crippen molar-refractivity contribution in [3.8, 4) is 33.4 Å². The van der Waals surface area contributed by atoms with Crippen molar-refractivity contribution in [2.24, 2.45) is 10.9 Å². The van der Waals surface area contributed by atoms with Gasteiger partial charge in [0.1, 0.15) is 17.7 Å². The van der Waals surface area contributed by atoms with E-state index in [1.165, 1.54) is 38.4 Å². The summed E-state index contributed by atoms with van der Waals surface area (Å²) < 4.78 is 6.28. The smallest absolute Gasteiger partial charge is 0.231 e. The van der Waals surface area contributed by atoms with Gasteiger partial charge in [-0.2, -0.15) is 4.99 Å². The topological polar surface area (TPSA) is 42.0 Å². The van der Waals surface area contributed by atoms with E-state index in [9.17, 15) is 0 Å². The first kappa shape index (κ1) is 29.2. The van der Waals surface area contributed by atoms with E-state index < -0.39 is 0 Å². The Labute approximate surface area is 286 Å².